The highest BCUT2D eigenvalue weighted by Gasteiger charge is 2.07. The summed E-state index contributed by atoms with van der Waals surface area (Å²) in [6, 6.07) is 9.14. The summed E-state index contributed by atoms with van der Waals surface area (Å²) in [7, 11) is 0. The molecule has 1 aromatic rings. The first-order valence-electron chi connectivity index (χ1n) is 4.24. The highest BCUT2D eigenvalue weighted by molar-refractivity contribution is 6.15. The molecule has 0 atom stereocenters. The zero-order chi connectivity index (χ0) is 9.68. The van der Waals surface area contributed by atoms with Gasteiger partial charge < -0.3 is 5.11 Å². The van der Waals surface area contributed by atoms with Gasteiger partial charge in [0.2, 0.25) is 0 Å². The Morgan fingerprint density at radius 2 is 2.00 bits per heavy atom. The Morgan fingerprint density at radius 1 is 1.38 bits per heavy atom. The van der Waals surface area contributed by atoms with Crippen LogP contribution >= 0.6 is 0 Å². The Hall–Kier alpha value is -1.57. The number of carboxylic acid groups (broad SMARTS) is 1. The summed E-state index contributed by atoms with van der Waals surface area (Å²) < 4.78 is 0. The minimum absolute atomic E-state index is 0.378. The second-order valence-corrected chi connectivity index (χ2v) is 2.70. The lowest BCUT2D eigenvalue weighted by Crippen LogP contribution is -1.99. The molecule has 0 aliphatic rings. The first kappa shape index (κ1) is 9.52. The summed E-state index contributed by atoms with van der Waals surface area (Å²) in [4.78, 5) is 10.8. The molecule has 1 aromatic carbocycles. The molecule has 2 heteroatoms. The number of hydrogen-bond acceptors (Lipinski definition) is 1. The summed E-state index contributed by atoms with van der Waals surface area (Å²) in [6.07, 6.45) is 2.45. The van der Waals surface area contributed by atoms with Crippen LogP contribution in [0.5, 0.6) is 0 Å². The molecule has 0 amide bonds. The van der Waals surface area contributed by atoms with Crippen molar-refractivity contribution in [3.8, 4) is 0 Å². The number of carboxylic acids is 1. The molecule has 0 heterocycles. The van der Waals surface area contributed by atoms with Crippen LogP contribution < -0.4 is 0 Å². The van der Waals surface area contributed by atoms with E-state index in [2.05, 4.69) is 0 Å². The molecule has 0 saturated heterocycles. The van der Waals surface area contributed by atoms with Crippen molar-refractivity contribution in [2.45, 2.75) is 13.3 Å². The second kappa shape index (κ2) is 4.45. The van der Waals surface area contributed by atoms with Gasteiger partial charge in [-0.15, -0.1) is 0 Å². The molecule has 0 bridgehead atoms. The second-order valence-electron chi connectivity index (χ2n) is 2.70. The normalized spacial score (nSPS) is 11.3. The Balaban J connectivity index is 3.03. The molecule has 0 spiro atoms. The van der Waals surface area contributed by atoms with E-state index in [0.717, 1.165) is 12.0 Å². The van der Waals surface area contributed by atoms with E-state index in [1.807, 2.05) is 25.1 Å². The number of carbonyl (C=O) groups is 1. The van der Waals surface area contributed by atoms with Gasteiger partial charge in [-0.3, -0.25) is 0 Å². The van der Waals surface area contributed by atoms with Crippen LogP contribution in [0.1, 0.15) is 18.9 Å². The third-order valence-electron chi connectivity index (χ3n) is 1.72. The lowest BCUT2D eigenvalue weighted by atomic mass is 10.1. The lowest BCUT2D eigenvalue weighted by molar-refractivity contribution is -0.130. The predicted octanol–water partition coefficient (Wildman–Crippen LogP) is 2.56. The van der Waals surface area contributed by atoms with Crippen LogP contribution in [0.15, 0.2) is 36.4 Å². The Kier molecular flexibility index (Phi) is 3.26. The molecule has 0 fully saturated rings. The molecule has 2 nitrogen and oxygen atoms in total. The van der Waals surface area contributed by atoms with Gasteiger partial charge in [-0.1, -0.05) is 43.3 Å². The molecule has 0 aliphatic carbocycles. The maximum absolute atomic E-state index is 10.8. The molecular formula is C11H12O2. The fraction of sp³-hybridized carbons (Fsp3) is 0.182. The molecule has 0 radical (unpaired) electrons. The van der Waals surface area contributed by atoms with Gasteiger partial charge in [0.1, 0.15) is 0 Å². The van der Waals surface area contributed by atoms with Crippen molar-refractivity contribution >= 4 is 11.5 Å². The van der Waals surface area contributed by atoms with Gasteiger partial charge in [0.05, 0.1) is 5.57 Å². The van der Waals surface area contributed by atoms with Gasteiger partial charge in [-0.05, 0) is 12.0 Å². The van der Waals surface area contributed by atoms with Crippen molar-refractivity contribution in [1.29, 1.82) is 0 Å². The molecule has 0 unspecified atom stereocenters. The largest absolute Gasteiger partial charge is 0.478 e. The van der Waals surface area contributed by atoms with Crippen molar-refractivity contribution in [2.75, 3.05) is 0 Å². The van der Waals surface area contributed by atoms with E-state index in [9.17, 15) is 4.79 Å². The van der Waals surface area contributed by atoms with Gasteiger partial charge >= 0.3 is 5.97 Å². The minimum Gasteiger partial charge on any atom is -0.478 e. The number of rotatable bonds is 3. The quantitative estimate of drug-likeness (QED) is 0.718. The van der Waals surface area contributed by atoms with Crippen LogP contribution in [0, 0.1) is 0 Å². The average Bonchev–Trinajstić information content (AvgIpc) is 2.15. The van der Waals surface area contributed by atoms with E-state index in [-0.39, 0.29) is 0 Å². The predicted molar refractivity (Wildman–Crippen MR) is 52.3 cm³/mol. The summed E-state index contributed by atoms with van der Waals surface area (Å²) in [5, 5.41) is 8.89. The monoisotopic (exact) mass is 176 g/mol. The number of hydrogen-bond donors (Lipinski definition) is 1. The third-order valence-corrected chi connectivity index (χ3v) is 1.72. The van der Waals surface area contributed by atoms with Crippen LogP contribution in [0.25, 0.3) is 5.57 Å². The Bertz CT molecular complexity index is 312. The molecule has 0 aromatic heterocycles. The van der Waals surface area contributed by atoms with E-state index in [1.165, 1.54) is 0 Å². The Labute approximate surface area is 77.5 Å². The minimum atomic E-state index is -0.868. The maximum Gasteiger partial charge on any atom is 0.335 e. The maximum atomic E-state index is 10.8. The molecule has 13 heavy (non-hydrogen) atoms. The van der Waals surface area contributed by atoms with Crippen LogP contribution in [0.3, 0.4) is 0 Å². The van der Waals surface area contributed by atoms with E-state index in [4.69, 9.17) is 5.11 Å². The summed E-state index contributed by atoms with van der Waals surface area (Å²) in [5.41, 5.74) is 1.14. The van der Waals surface area contributed by atoms with Crippen LogP contribution in [-0.2, 0) is 4.79 Å². The van der Waals surface area contributed by atoms with Gasteiger partial charge in [0.15, 0.2) is 0 Å². The van der Waals surface area contributed by atoms with Gasteiger partial charge in [-0.25, -0.2) is 4.79 Å². The van der Waals surface area contributed by atoms with Gasteiger partial charge in [0.25, 0.3) is 0 Å². The molecule has 1 rings (SSSR count). The molecule has 1 N–H and O–H groups in total. The van der Waals surface area contributed by atoms with E-state index < -0.39 is 5.97 Å². The zero-order valence-electron chi connectivity index (χ0n) is 7.53. The summed E-state index contributed by atoms with van der Waals surface area (Å²) >= 11 is 0. The third kappa shape index (κ3) is 2.44. The van der Waals surface area contributed by atoms with Crippen molar-refractivity contribution in [3.63, 3.8) is 0 Å². The first-order chi connectivity index (χ1) is 6.25. The van der Waals surface area contributed by atoms with Crippen molar-refractivity contribution in [3.05, 3.63) is 42.0 Å². The van der Waals surface area contributed by atoms with E-state index >= 15 is 0 Å². The topological polar surface area (TPSA) is 37.3 Å². The molecule has 0 aliphatic heterocycles. The average molecular weight is 176 g/mol. The summed E-state index contributed by atoms with van der Waals surface area (Å²) in [5.74, 6) is -0.868. The standard InChI is InChI=1S/C11H12O2/c1-2-6-10(11(12)13)9-7-4-3-5-8-9/h3-8H,2H2,1H3,(H,12,13). The SMILES string of the molecule is CCC=C(C(=O)O)c1ccccc1. The van der Waals surface area contributed by atoms with Crippen molar-refractivity contribution in [2.24, 2.45) is 0 Å². The van der Waals surface area contributed by atoms with E-state index in [0.29, 0.717) is 5.57 Å². The van der Waals surface area contributed by atoms with Gasteiger partial charge in [0, 0.05) is 0 Å². The molecule has 68 valence electrons. The molecule has 0 saturated carbocycles. The number of benzene rings is 1. The highest BCUT2D eigenvalue weighted by Crippen LogP contribution is 2.14. The molecular weight excluding hydrogens is 164 g/mol. The fourth-order valence-corrected chi connectivity index (χ4v) is 1.15. The van der Waals surface area contributed by atoms with Crippen LogP contribution in [0.4, 0.5) is 0 Å². The van der Waals surface area contributed by atoms with Crippen molar-refractivity contribution in [1.82, 2.24) is 0 Å². The lowest BCUT2D eigenvalue weighted by Gasteiger charge is -2.00. The smallest absolute Gasteiger partial charge is 0.335 e. The first-order valence-corrected chi connectivity index (χ1v) is 4.24. The summed E-state index contributed by atoms with van der Waals surface area (Å²) in [6.45, 7) is 1.92. The highest BCUT2D eigenvalue weighted by atomic mass is 16.4. The van der Waals surface area contributed by atoms with Crippen LogP contribution in [0.2, 0.25) is 0 Å². The fourth-order valence-electron chi connectivity index (χ4n) is 1.15. The van der Waals surface area contributed by atoms with Gasteiger partial charge in [-0.2, -0.15) is 0 Å². The van der Waals surface area contributed by atoms with Crippen LogP contribution in [-0.4, -0.2) is 11.1 Å². The van der Waals surface area contributed by atoms with E-state index in [1.54, 1.807) is 18.2 Å². The zero-order valence-corrected chi connectivity index (χ0v) is 7.53. The van der Waals surface area contributed by atoms with Crippen molar-refractivity contribution < 1.29 is 9.90 Å². The Morgan fingerprint density at radius 3 is 2.46 bits per heavy atom. The number of aliphatic carboxylic acids is 1. The number of allylic oxidation sites excluding steroid dienone is 1.